The zero-order valence-corrected chi connectivity index (χ0v) is 8.14. The summed E-state index contributed by atoms with van der Waals surface area (Å²) in [6.07, 6.45) is 1.49. The Kier molecular flexibility index (Phi) is 3.19. The third kappa shape index (κ3) is 2.66. The van der Waals surface area contributed by atoms with Crippen molar-refractivity contribution in [1.82, 2.24) is 0 Å². The number of carbonyl (C=O) groups is 1. The van der Waals surface area contributed by atoms with Crippen LogP contribution in [-0.2, 0) is 16.1 Å². The second-order valence-corrected chi connectivity index (χ2v) is 3.07. The molecule has 0 aromatic carbocycles. The van der Waals surface area contributed by atoms with E-state index in [1.54, 1.807) is 13.0 Å². The van der Waals surface area contributed by atoms with Gasteiger partial charge in [-0.2, -0.15) is 0 Å². The molecule has 0 saturated carbocycles. The SMILES string of the molecule is C=C(C)C(=O)OCc1occc1S. The Balaban J connectivity index is 2.48. The minimum absolute atomic E-state index is 0.0948. The first-order valence-corrected chi connectivity index (χ1v) is 4.14. The molecular formula is C9H10O3S. The number of hydrogen-bond acceptors (Lipinski definition) is 4. The molecule has 4 heteroatoms. The Labute approximate surface area is 81.8 Å². The smallest absolute Gasteiger partial charge is 0.333 e. The fourth-order valence-corrected chi connectivity index (χ4v) is 0.874. The molecule has 0 unspecified atom stereocenters. The zero-order valence-electron chi connectivity index (χ0n) is 7.24. The minimum Gasteiger partial charge on any atom is -0.464 e. The Morgan fingerprint density at radius 1 is 1.77 bits per heavy atom. The predicted molar refractivity (Wildman–Crippen MR) is 50.6 cm³/mol. The molecule has 0 bridgehead atoms. The van der Waals surface area contributed by atoms with Crippen LogP contribution in [0, 0.1) is 0 Å². The van der Waals surface area contributed by atoms with Gasteiger partial charge in [0.25, 0.3) is 0 Å². The summed E-state index contributed by atoms with van der Waals surface area (Å²) in [5, 5.41) is 0. The monoisotopic (exact) mass is 198 g/mol. The van der Waals surface area contributed by atoms with Gasteiger partial charge in [-0.1, -0.05) is 6.58 Å². The predicted octanol–water partition coefficient (Wildman–Crippen LogP) is 2.19. The molecule has 0 spiro atoms. The fourth-order valence-electron chi connectivity index (χ4n) is 0.696. The lowest BCUT2D eigenvalue weighted by Gasteiger charge is -2.01. The van der Waals surface area contributed by atoms with Crippen molar-refractivity contribution in [3.8, 4) is 0 Å². The van der Waals surface area contributed by atoms with E-state index in [-0.39, 0.29) is 6.61 Å². The highest BCUT2D eigenvalue weighted by Gasteiger charge is 2.07. The van der Waals surface area contributed by atoms with Crippen LogP contribution in [0.4, 0.5) is 0 Å². The van der Waals surface area contributed by atoms with Crippen LogP contribution in [-0.4, -0.2) is 5.97 Å². The van der Waals surface area contributed by atoms with Gasteiger partial charge in [0.1, 0.15) is 0 Å². The molecule has 0 radical (unpaired) electrons. The fraction of sp³-hybridized carbons (Fsp3) is 0.222. The lowest BCUT2D eigenvalue weighted by atomic mass is 10.4. The Morgan fingerprint density at radius 2 is 2.46 bits per heavy atom. The average molecular weight is 198 g/mol. The molecule has 0 N–H and O–H groups in total. The molecule has 0 fully saturated rings. The number of ether oxygens (including phenoxy) is 1. The van der Waals surface area contributed by atoms with Crippen LogP contribution < -0.4 is 0 Å². The van der Waals surface area contributed by atoms with Crippen LogP contribution in [0.25, 0.3) is 0 Å². The summed E-state index contributed by atoms with van der Waals surface area (Å²) < 4.78 is 9.86. The molecule has 0 atom stereocenters. The van der Waals surface area contributed by atoms with Gasteiger partial charge in [-0.15, -0.1) is 12.6 Å². The molecule has 3 nitrogen and oxygen atoms in total. The number of hydrogen-bond donors (Lipinski definition) is 1. The molecule has 13 heavy (non-hydrogen) atoms. The third-order valence-corrected chi connectivity index (χ3v) is 1.80. The van der Waals surface area contributed by atoms with Crippen molar-refractivity contribution in [2.75, 3.05) is 0 Å². The van der Waals surface area contributed by atoms with E-state index in [0.29, 0.717) is 16.2 Å². The van der Waals surface area contributed by atoms with E-state index in [9.17, 15) is 4.79 Å². The Hall–Kier alpha value is -1.16. The molecule has 0 aliphatic rings. The van der Waals surface area contributed by atoms with E-state index in [1.165, 1.54) is 6.26 Å². The van der Waals surface area contributed by atoms with Crippen LogP contribution >= 0.6 is 12.6 Å². The van der Waals surface area contributed by atoms with Gasteiger partial charge in [-0.3, -0.25) is 0 Å². The van der Waals surface area contributed by atoms with Gasteiger partial charge in [-0.25, -0.2) is 4.79 Å². The van der Waals surface area contributed by atoms with Gasteiger partial charge in [0.15, 0.2) is 12.4 Å². The van der Waals surface area contributed by atoms with Gasteiger partial charge in [0.2, 0.25) is 0 Å². The van der Waals surface area contributed by atoms with Crippen LogP contribution in [0.5, 0.6) is 0 Å². The number of esters is 1. The third-order valence-electron chi connectivity index (χ3n) is 1.40. The summed E-state index contributed by atoms with van der Waals surface area (Å²) in [6.45, 7) is 5.14. The van der Waals surface area contributed by atoms with Crippen molar-refractivity contribution in [3.63, 3.8) is 0 Å². The van der Waals surface area contributed by atoms with Gasteiger partial charge in [0.05, 0.1) is 6.26 Å². The van der Waals surface area contributed by atoms with Gasteiger partial charge >= 0.3 is 5.97 Å². The van der Waals surface area contributed by atoms with Gasteiger partial charge in [-0.05, 0) is 13.0 Å². The number of thiol groups is 1. The van der Waals surface area contributed by atoms with E-state index in [2.05, 4.69) is 19.2 Å². The summed E-state index contributed by atoms with van der Waals surface area (Å²) in [6, 6.07) is 1.69. The molecule has 0 amide bonds. The average Bonchev–Trinajstić information content (AvgIpc) is 2.47. The second kappa shape index (κ2) is 4.18. The summed E-state index contributed by atoms with van der Waals surface area (Å²) in [5.41, 5.74) is 0.368. The van der Waals surface area contributed by atoms with Crippen molar-refractivity contribution < 1.29 is 13.9 Å². The maximum Gasteiger partial charge on any atom is 0.333 e. The molecule has 0 aliphatic carbocycles. The summed E-state index contributed by atoms with van der Waals surface area (Å²) >= 11 is 4.10. The van der Waals surface area contributed by atoms with Crippen LogP contribution in [0.15, 0.2) is 33.8 Å². The maximum absolute atomic E-state index is 11.0. The van der Waals surface area contributed by atoms with Crippen molar-refractivity contribution in [1.29, 1.82) is 0 Å². The molecule has 1 heterocycles. The van der Waals surface area contributed by atoms with Gasteiger partial charge < -0.3 is 9.15 Å². The molecular weight excluding hydrogens is 188 g/mol. The quantitative estimate of drug-likeness (QED) is 0.459. The Bertz CT molecular complexity index is 327. The summed E-state index contributed by atoms with van der Waals surface area (Å²) in [4.78, 5) is 11.6. The molecule has 0 saturated heterocycles. The van der Waals surface area contributed by atoms with Crippen LogP contribution in [0.1, 0.15) is 12.7 Å². The van der Waals surface area contributed by atoms with E-state index < -0.39 is 5.97 Å². The van der Waals surface area contributed by atoms with Crippen molar-refractivity contribution >= 4 is 18.6 Å². The van der Waals surface area contributed by atoms with Crippen LogP contribution in [0.2, 0.25) is 0 Å². The second-order valence-electron chi connectivity index (χ2n) is 2.59. The first kappa shape index (κ1) is 9.92. The first-order chi connectivity index (χ1) is 6.11. The number of carbonyl (C=O) groups excluding carboxylic acids is 1. The first-order valence-electron chi connectivity index (χ1n) is 3.69. The summed E-state index contributed by atoms with van der Waals surface area (Å²) in [7, 11) is 0. The molecule has 1 aromatic heterocycles. The maximum atomic E-state index is 11.0. The van der Waals surface area contributed by atoms with Crippen molar-refractivity contribution in [2.45, 2.75) is 18.4 Å². The van der Waals surface area contributed by atoms with Crippen molar-refractivity contribution in [3.05, 3.63) is 30.2 Å². The number of furan rings is 1. The summed E-state index contributed by atoms with van der Waals surface area (Å²) in [5.74, 6) is 0.113. The van der Waals surface area contributed by atoms with E-state index in [0.717, 1.165) is 0 Å². The van der Waals surface area contributed by atoms with E-state index in [1.807, 2.05) is 0 Å². The highest BCUT2D eigenvalue weighted by atomic mass is 32.1. The highest BCUT2D eigenvalue weighted by Crippen LogP contribution is 2.15. The highest BCUT2D eigenvalue weighted by molar-refractivity contribution is 7.80. The van der Waals surface area contributed by atoms with E-state index in [4.69, 9.17) is 9.15 Å². The van der Waals surface area contributed by atoms with Crippen LogP contribution in [0.3, 0.4) is 0 Å². The lowest BCUT2D eigenvalue weighted by molar-refractivity contribution is -0.140. The van der Waals surface area contributed by atoms with Crippen molar-refractivity contribution in [2.24, 2.45) is 0 Å². The normalized spacial score (nSPS) is 9.69. The molecule has 70 valence electrons. The lowest BCUT2D eigenvalue weighted by Crippen LogP contribution is -2.04. The topological polar surface area (TPSA) is 39.4 Å². The standard InChI is InChI=1S/C9H10O3S/c1-6(2)9(10)12-5-7-8(13)3-4-11-7/h3-4,13H,1,5H2,2H3. The van der Waals surface area contributed by atoms with Gasteiger partial charge in [0, 0.05) is 10.5 Å². The molecule has 1 aromatic rings. The zero-order chi connectivity index (χ0) is 9.84. The number of rotatable bonds is 3. The Morgan fingerprint density at radius 3 is 2.92 bits per heavy atom. The largest absolute Gasteiger partial charge is 0.464 e. The molecule has 0 aliphatic heterocycles. The minimum atomic E-state index is -0.427. The van der Waals surface area contributed by atoms with E-state index >= 15 is 0 Å². The molecule has 1 rings (SSSR count).